The maximum atomic E-state index is 14.4. The van der Waals surface area contributed by atoms with Crippen LogP contribution in [0.3, 0.4) is 0 Å². The van der Waals surface area contributed by atoms with Gasteiger partial charge < -0.3 is 15.0 Å². The largest absolute Gasteiger partial charge is 0.466 e. The van der Waals surface area contributed by atoms with Crippen LogP contribution in [-0.2, 0) is 20.7 Å². The number of methoxy groups -OCH3 is 1. The number of benzene rings is 3. The fourth-order valence-electron chi connectivity index (χ4n) is 5.36. The Morgan fingerprint density at radius 2 is 1.77 bits per heavy atom. The highest BCUT2D eigenvalue weighted by molar-refractivity contribution is 5.96. The van der Waals surface area contributed by atoms with Crippen molar-refractivity contribution in [2.45, 2.75) is 38.5 Å². The molecule has 0 aromatic heterocycles. The third-order valence-corrected chi connectivity index (χ3v) is 7.53. The Balaban J connectivity index is 1.59. The first kappa shape index (κ1) is 28.6. The lowest BCUT2D eigenvalue weighted by Crippen LogP contribution is -2.40. The maximum Gasteiger partial charge on any atom is 0.330 e. The lowest BCUT2D eigenvalue weighted by Gasteiger charge is -2.36. The van der Waals surface area contributed by atoms with Crippen LogP contribution >= 0.6 is 0 Å². The summed E-state index contributed by atoms with van der Waals surface area (Å²) in [7, 11) is 5.23. The summed E-state index contributed by atoms with van der Waals surface area (Å²) in [5, 5.41) is 12.9. The van der Waals surface area contributed by atoms with E-state index in [9.17, 15) is 19.2 Å². The minimum atomic E-state index is -0.672. The zero-order valence-corrected chi connectivity index (χ0v) is 23.2. The summed E-state index contributed by atoms with van der Waals surface area (Å²) in [6.07, 6.45) is 7.45. The molecule has 4 rings (SSSR count). The third-order valence-electron chi connectivity index (χ3n) is 7.53. The number of nitriles is 1. The molecule has 1 fully saturated rings. The van der Waals surface area contributed by atoms with Crippen molar-refractivity contribution in [1.29, 1.82) is 5.26 Å². The van der Waals surface area contributed by atoms with E-state index < -0.39 is 17.2 Å². The highest BCUT2D eigenvalue weighted by Crippen LogP contribution is 2.41. The number of amides is 1. The van der Waals surface area contributed by atoms with E-state index in [-0.39, 0.29) is 5.91 Å². The van der Waals surface area contributed by atoms with Crippen LogP contribution in [0, 0.1) is 22.6 Å². The Morgan fingerprint density at radius 1 is 1.05 bits per heavy atom. The van der Waals surface area contributed by atoms with Crippen LogP contribution in [-0.4, -0.2) is 33.1 Å². The number of hydrogen-bond donors (Lipinski definition) is 1. The molecule has 0 saturated heterocycles. The van der Waals surface area contributed by atoms with Gasteiger partial charge in [-0.2, -0.15) is 5.26 Å². The second kappa shape index (κ2) is 12.6. The van der Waals surface area contributed by atoms with E-state index in [4.69, 9.17) is 0 Å². The van der Waals surface area contributed by atoms with Crippen LogP contribution in [0.25, 0.3) is 17.2 Å². The Morgan fingerprint density at radius 3 is 2.42 bits per heavy atom. The first-order chi connectivity index (χ1) is 19.2. The lowest BCUT2D eigenvalue weighted by atomic mass is 9.69. The van der Waals surface area contributed by atoms with E-state index in [0.717, 1.165) is 41.6 Å². The first-order valence-corrected chi connectivity index (χ1v) is 13.4. The average molecular weight is 540 g/mol. The smallest absolute Gasteiger partial charge is 0.330 e. The molecule has 0 radical (unpaired) electrons. The fraction of sp³-hybridized carbons (Fsp3) is 0.303. The molecule has 1 amide bonds. The number of hydrogen-bond acceptors (Lipinski definition) is 5. The van der Waals surface area contributed by atoms with Gasteiger partial charge in [0.25, 0.3) is 0 Å². The van der Waals surface area contributed by atoms with Gasteiger partial charge >= 0.3 is 5.97 Å². The van der Waals surface area contributed by atoms with Crippen molar-refractivity contribution in [3.8, 4) is 17.2 Å². The fourth-order valence-corrected chi connectivity index (χ4v) is 5.36. The second-order valence-electron chi connectivity index (χ2n) is 10.5. The number of halogens is 1. The van der Waals surface area contributed by atoms with Gasteiger partial charge in [0.15, 0.2) is 0 Å². The Bertz CT molecular complexity index is 1450. The zero-order valence-electron chi connectivity index (χ0n) is 23.2. The number of ether oxygens (including phenoxy) is 1. The zero-order chi connectivity index (χ0) is 28.7. The quantitative estimate of drug-likeness (QED) is 0.253. The minimum Gasteiger partial charge on any atom is -0.466 e. The molecule has 1 N–H and O–H groups in total. The van der Waals surface area contributed by atoms with Crippen LogP contribution in [0.2, 0.25) is 0 Å². The van der Waals surface area contributed by atoms with E-state index >= 15 is 0 Å². The normalized spacial score (nSPS) is 14.4. The van der Waals surface area contributed by atoms with Crippen molar-refractivity contribution >= 4 is 29.3 Å². The summed E-state index contributed by atoms with van der Waals surface area (Å²) in [5.74, 6) is -1.24. The summed E-state index contributed by atoms with van der Waals surface area (Å²) in [6.45, 7) is 0. The molecule has 0 aliphatic heterocycles. The molecule has 7 heteroatoms. The van der Waals surface area contributed by atoms with Crippen molar-refractivity contribution in [2.75, 3.05) is 31.4 Å². The monoisotopic (exact) mass is 539 g/mol. The molecule has 0 atom stereocenters. The van der Waals surface area contributed by atoms with Gasteiger partial charge in [-0.05, 0) is 84.0 Å². The Labute approximate surface area is 235 Å². The Hall–Kier alpha value is -4.44. The molecule has 0 heterocycles. The summed E-state index contributed by atoms with van der Waals surface area (Å²) >= 11 is 0. The third kappa shape index (κ3) is 6.76. The topological polar surface area (TPSA) is 82.4 Å². The number of anilines is 2. The van der Waals surface area contributed by atoms with E-state index in [1.165, 1.54) is 31.4 Å². The number of nitrogens with zero attached hydrogens (tertiary/aromatic N) is 2. The Kier molecular flexibility index (Phi) is 9.00. The molecule has 0 bridgehead atoms. The molecular weight excluding hydrogens is 505 g/mol. The van der Waals surface area contributed by atoms with Crippen molar-refractivity contribution in [2.24, 2.45) is 5.41 Å². The molecule has 3 aromatic rings. The van der Waals surface area contributed by atoms with Crippen LogP contribution < -0.4 is 10.2 Å². The predicted octanol–water partition coefficient (Wildman–Crippen LogP) is 6.75. The van der Waals surface area contributed by atoms with E-state index in [1.54, 1.807) is 6.07 Å². The molecule has 3 aromatic carbocycles. The average Bonchev–Trinajstić information content (AvgIpc) is 2.96. The number of nitrogens with one attached hydrogen (secondary N) is 1. The minimum absolute atomic E-state index is 0.164. The number of carbonyl (C=O) groups is 2. The second-order valence-corrected chi connectivity index (χ2v) is 10.5. The molecule has 1 aliphatic rings. The standard InChI is InChI=1S/C33H34FN3O3/c1-37(2)29-11-9-25(10-12-29)30-13-7-24(17-26(30)22-35)21-33(15-5-4-6-16-33)32(39)36-28-19-23(18-27(34)20-28)8-14-31(38)40-3/h7-14,17-20H,4-6,15-16,21H2,1-3H3,(H,36,39)/b14-8+. The van der Waals surface area contributed by atoms with E-state index in [1.807, 2.05) is 61.5 Å². The van der Waals surface area contributed by atoms with Crippen molar-refractivity contribution < 1.29 is 18.7 Å². The maximum absolute atomic E-state index is 14.4. The molecule has 0 unspecified atom stereocenters. The highest BCUT2D eigenvalue weighted by Gasteiger charge is 2.39. The summed E-state index contributed by atoms with van der Waals surface area (Å²) < 4.78 is 19.0. The molecular formula is C33H34FN3O3. The number of esters is 1. The van der Waals surface area contributed by atoms with Gasteiger partial charge in [0.2, 0.25) is 5.91 Å². The summed E-state index contributed by atoms with van der Waals surface area (Å²) in [6, 6.07) is 20.4. The van der Waals surface area contributed by atoms with Crippen LogP contribution in [0.4, 0.5) is 15.8 Å². The van der Waals surface area contributed by atoms with Crippen molar-refractivity contribution in [1.82, 2.24) is 0 Å². The molecule has 0 spiro atoms. The van der Waals surface area contributed by atoms with Gasteiger partial charge in [-0.1, -0.05) is 43.5 Å². The molecule has 6 nitrogen and oxygen atoms in total. The molecule has 206 valence electrons. The molecule has 1 aliphatic carbocycles. The van der Waals surface area contributed by atoms with Crippen molar-refractivity contribution in [3.05, 3.63) is 89.2 Å². The predicted molar refractivity (Wildman–Crippen MR) is 156 cm³/mol. The van der Waals surface area contributed by atoms with Gasteiger partial charge in [0.05, 0.1) is 24.2 Å². The van der Waals surface area contributed by atoms with Gasteiger partial charge in [-0.25, -0.2) is 9.18 Å². The molecule has 1 saturated carbocycles. The summed E-state index contributed by atoms with van der Waals surface area (Å²) in [5.41, 5.74) is 4.47. The van der Waals surface area contributed by atoms with Gasteiger partial charge in [-0.3, -0.25) is 4.79 Å². The van der Waals surface area contributed by atoms with Crippen molar-refractivity contribution in [3.63, 3.8) is 0 Å². The molecule has 40 heavy (non-hydrogen) atoms. The number of carbonyl (C=O) groups excluding carboxylic acids is 2. The first-order valence-electron chi connectivity index (χ1n) is 13.4. The highest BCUT2D eigenvalue weighted by atomic mass is 19.1. The van der Waals surface area contributed by atoms with Gasteiger partial charge in [-0.15, -0.1) is 0 Å². The van der Waals surface area contributed by atoms with Gasteiger partial charge in [0.1, 0.15) is 5.82 Å². The van der Waals surface area contributed by atoms with Crippen LogP contribution in [0.1, 0.15) is 48.8 Å². The lowest BCUT2D eigenvalue weighted by molar-refractivity contribution is -0.134. The summed E-state index contributed by atoms with van der Waals surface area (Å²) in [4.78, 5) is 27.2. The number of rotatable bonds is 8. The van der Waals surface area contributed by atoms with Gasteiger partial charge in [0, 0.05) is 31.5 Å². The van der Waals surface area contributed by atoms with E-state index in [0.29, 0.717) is 36.1 Å². The van der Waals surface area contributed by atoms with Crippen LogP contribution in [0.5, 0.6) is 0 Å². The van der Waals surface area contributed by atoms with Crippen LogP contribution in [0.15, 0.2) is 66.7 Å². The van der Waals surface area contributed by atoms with E-state index in [2.05, 4.69) is 16.1 Å². The SMILES string of the molecule is COC(=O)/C=C/c1cc(F)cc(NC(=O)C2(Cc3ccc(-c4ccc(N(C)C)cc4)c(C#N)c3)CCCCC2)c1.